The molecule has 2 aromatic carbocycles. The van der Waals surface area contributed by atoms with Crippen LogP contribution < -0.4 is 7.91 Å². The molecule has 0 aromatic heterocycles. The van der Waals surface area contributed by atoms with Gasteiger partial charge in [0.2, 0.25) is 0 Å². The Morgan fingerprint density at radius 3 is 1.43 bits per heavy atom. The quantitative estimate of drug-likeness (QED) is 0.722. The van der Waals surface area contributed by atoms with Gasteiger partial charge in [-0.3, -0.25) is 0 Å². The third-order valence-electron chi connectivity index (χ3n) is 3.14. The van der Waals surface area contributed by atoms with E-state index in [0.717, 1.165) is 13.1 Å². The molecule has 2 aromatic rings. The van der Waals surface area contributed by atoms with Crippen molar-refractivity contribution >= 4 is 7.91 Å². The van der Waals surface area contributed by atoms with E-state index in [9.17, 15) is 0 Å². The average Bonchev–Trinajstić information content (AvgIpc) is 2.42. The Labute approximate surface area is 137 Å². The van der Waals surface area contributed by atoms with Gasteiger partial charge in [-0.2, -0.15) is 0 Å². The van der Waals surface area contributed by atoms with Crippen molar-refractivity contribution in [2.45, 2.75) is 13.1 Å². The molecule has 0 unspecified atom stereocenters. The standard InChI is InChI=1S/2C9H12N.Mo/c2*1-10(2)8-9-6-4-3-5-7-9;/h2*3-6H,8H2,1-2H3;. The molecule has 0 aliphatic rings. The summed E-state index contributed by atoms with van der Waals surface area (Å²) >= 11 is -0.339. The number of rotatable bonds is 6. The van der Waals surface area contributed by atoms with Crippen molar-refractivity contribution in [1.29, 1.82) is 0 Å². The van der Waals surface area contributed by atoms with Gasteiger partial charge in [-0.15, -0.1) is 0 Å². The van der Waals surface area contributed by atoms with Crippen LogP contribution in [0.1, 0.15) is 11.1 Å². The number of benzene rings is 2. The SMILES string of the molecule is CN(C)Cc1cccc[c]1[Mo][c]1ccccc1CN(C)C. The monoisotopic (exact) mass is 366 g/mol. The fourth-order valence-corrected chi connectivity index (χ4v) is 4.87. The molecule has 21 heavy (non-hydrogen) atoms. The molecule has 0 radical (unpaired) electrons. The van der Waals surface area contributed by atoms with Crippen molar-refractivity contribution in [3.63, 3.8) is 0 Å². The topological polar surface area (TPSA) is 6.48 Å². The zero-order chi connectivity index (χ0) is 15.2. The van der Waals surface area contributed by atoms with Gasteiger partial charge in [-0.1, -0.05) is 0 Å². The number of hydrogen-bond acceptors (Lipinski definition) is 2. The Balaban J connectivity index is 2.26. The predicted octanol–water partition coefficient (Wildman–Crippen LogP) is 1.84. The Hall–Kier alpha value is -0.952. The first-order chi connectivity index (χ1) is 10.1. The molecule has 0 N–H and O–H groups in total. The molecule has 0 amide bonds. The predicted molar refractivity (Wildman–Crippen MR) is 86.9 cm³/mol. The fraction of sp³-hybridized carbons (Fsp3) is 0.333. The van der Waals surface area contributed by atoms with E-state index in [1.54, 1.807) is 7.91 Å². The summed E-state index contributed by atoms with van der Waals surface area (Å²) in [7, 11) is 8.54. The fourth-order valence-electron chi connectivity index (χ4n) is 2.27. The van der Waals surface area contributed by atoms with E-state index >= 15 is 0 Å². The zero-order valence-electron chi connectivity index (χ0n) is 13.3. The maximum atomic E-state index is 2.31. The first kappa shape index (κ1) is 16.4. The average molecular weight is 364 g/mol. The molecule has 0 saturated heterocycles. The summed E-state index contributed by atoms with van der Waals surface area (Å²) in [4.78, 5) is 4.50. The Morgan fingerprint density at radius 1 is 0.667 bits per heavy atom. The van der Waals surface area contributed by atoms with E-state index in [0.29, 0.717) is 0 Å². The maximum absolute atomic E-state index is 2.31. The van der Waals surface area contributed by atoms with Crippen LogP contribution in [0, 0.1) is 0 Å². The molecule has 0 atom stereocenters. The molecule has 3 heteroatoms. The van der Waals surface area contributed by atoms with Gasteiger partial charge in [0.25, 0.3) is 0 Å². The molecule has 0 aliphatic heterocycles. The van der Waals surface area contributed by atoms with Crippen LogP contribution >= 0.6 is 0 Å². The van der Waals surface area contributed by atoms with Crippen LogP contribution in [-0.2, 0) is 31.7 Å². The van der Waals surface area contributed by atoms with E-state index in [-0.39, 0.29) is 18.6 Å². The van der Waals surface area contributed by atoms with Gasteiger partial charge >= 0.3 is 137 Å². The van der Waals surface area contributed by atoms with Crippen LogP contribution in [-0.4, -0.2) is 38.0 Å². The molecule has 0 heterocycles. The Kier molecular flexibility index (Phi) is 6.17. The molecular weight excluding hydrogens is 340 g/mol. The number of hydrogen-bond donors (Lipinski definition) is 0. The van der Waals surface area contributed by atoms with Gasteiger partial charge in [0.1, 0.15) is 0 Å². The normalized spacial score (nSPS) is 11.3. The van der Waals surface area contributed by atoms with Crippen LogP contribution in [0.3, 0.4) is 0 Å². The second-order valence-electron chi connectivity index (χ2n) is 5.79. The van der Waals surface area contributed by atoms with Gasteiger partial charge in [-0.05, 0) is 0 Å². The van der Waals surface area contributed by atoms with Crippen LogP contribution in [0.5, 0.6) is 0 Å². The minimum atomic E-state index is -0.339. The van der Waals surface area contributed by atoms with Crippen molar-refractivity contribution in [1.82, 2.24) is 9.80 Å². The van der Waals surface area contributed by atoms with Crippen molar-refractivity contribution in [2.75, 3.05) is 28.2 Å². The summed E-state index contributed by atoms with van der Waals surface area (Å²) in [6.07, 6.45) is 0. The van der Waals surface area contributed by atoms with Gasteiger partial charge in [0.05, 0.1) is 0 Å². The molecule has 0 fully saturated rings. The summed E-state index contributed by atoms with van der Waals surface area (Å²) in [5.41, 5.74) is 2.95. The molecule has 112 valence electrons. The summed E-state index contributed by atoms with van der Waals surface area (Å²) in [5.74, 6) is 0. The second kappa shape index (κ2) is 7.89. The van der Waals surface area contributed by atoms with E-state index in [1.165, 1.54) is 11.1 Å². The molecule has 0 saturated carbocycles. The summed E-state index contributed by atoms with van der Waals surface area (Å²) in [6, 6.07) is 17.8. The first-order valence-electron chi connectivity index (χ1n) is 7.19. The molecule has 0 bridgehead atoms. The van der Waals surface area contributed by atoms with Gasteiger partial charge in [0, 0.05) is 0 Å². The van der Waals surface area contributed by atoms with Gasteiger partial charge < -0.3 is 0 Å². The summed E-state index contributed by atoms with van der Waals surface area (Å²) in [5, 5.41) is 0. The number of nitrogens with zero attached hydrogens (tertiary/aromatic N) is 2. The first-order valence-corrected chi connectivity index (χ1v) is 9.20. The Bertz CT molecular complexity index is 527. The molecule has 2 rings (SSSR count). The van der Waals surface area contributed by atoms with Crippen LogP contribution in [0.15, 0.2) is 48.5 Å². The minimum absolute atomic E-state index is 0.339. The van der Waals surface area contributed by atoms with Crippen molar-refractivity contribution in [2.24, 2.45) is 0 Å². The zero-order valence-corrected chi connectivity index (χ0v) is 15.3. The third kappa shape index (κ3) is 5.07. The molecule has 0 aliphatic carbocycles. The molecule has 0 spiro atoms. The molecule has 2 nitrogen and oxygen atoms in total. The molecular formula is C18H24MoN2. The van der Waals surface area contributed by atoms with Gasteiger partial charge in [0.15, 0.2) is 0 Å². The summed E-state index contributed by atoms with van der Waals surface area (Å²) < 4.78 is 3.12. The van der Waals surface area contributed by atoms with Gasteiger partial charge in [-0.25, -0.2) is 0 Å². The van der Waals surface area contributed by atoms with Crippen molar-refractivity contribution in [3.05, 3.63) is 59.7 Å². The Morgan fingerprint density at radius 2 is 1.05 bits per heavy atom. The van der Waals surface area contributed by atoms with E-state index in [4.69, 9.17) is 0 Å². The van der Waals surface area contributed by atoms with E-state index in [1.807, 2.05) is 0 Å². The van der Waals surface area contributed by atoms with Crippen LogP contribution in [0.4, 0.5) is 0 Å². The van der Waals surface area contributed by atoms with Crippen molar-refractivity contribution in [3.8, 4) is 0 Å². The summed E-state index contributed by atoms with van der Waals surface area (Å²) in [6.45, 7) is 2.05. The van der Waals surface area contributed by atoms with Crippen molar-refractivity contribution < 1.29 is 18.6 Å². The van der Waals surface area contributed by atoms with Crippen LogP contribution in [0.25, 0.3) is 0 Å². The van der Waals surface area contributed by atoms with E-state index in [2.05, 4.69) is 86.5 Å². The van der Waals surface area contributed by atoms with Crippen LogP contribution in [0.2, 0.25) is 0 Å². The second-order valence-corrected chi connectivity index (χ2v) is 8.46. The van der Waals surface area contributed by atoms with E-state index < -0.39 is 0 Å². The third-order valence-corrected chi connectivity index (χ3v) is 6.18.